The van der Waals surface area contributed by atoms with E-state index in [4.69, 9.17) is 20.3 Å². The molecule has 0 saturated carbocycles. The van der Waals surface area contributed by atoms with E-state index in [-0.39, 0.29) is 44.7 Å². The summed E-state index contributed by atoms with van der Waals surface area (Å²) in [6.07, 6.45) is 0. The highest BCUT2D eigenvalue weighted by molar-refractivity contribution is 5.94. The van der Waals surface area contributed by atoms with Crippen molar-refractivity contribution in [2.75, 3.05) is 39.5 Å². The fourth-order valence-corrected chi connectivity index (χ4v) is 4.42. The number of carbonyl (C=O) groups is 2. The predicted octanol–water partition coefficient (Wildman–Crippen LogP) is 6.18. The molecule has 4 aromatic rings. The first-order valence-corrected chi connectivity index (χ1v) is 15.8. The summed E-state index contributed by atoms with van der Waals surface area (Å²) >= 11 is 0. The lowest BCUT2D eigenvalue weighted by Crippen LogP contribution is -2.48. The molecule has 2 aliphatic rings. The number of nitrogens with one attached hydrogen (secondary N) is 1. The zero-order chi connectivity index (χ0) is 37.0. The molecule has 4 aromatic carbocycles. The maximum absolute atomic E-state index is 14.2. The Morgan fingerprint density at radius 2 is 1.08 bits per heavy atom. The molecule has 7 nitrogen and oxygen atoms in total. The fraction of sp³-hybridized carbons (Fsp3) is 0.250. The molecule has 0 radical (unpaired) electrons. The first-order chi connectivity index (χ1) is 24.3. The van der Waals surface area contributed by atoms with Gasteiger partial charge >= 0.3 is 5.97 Å². The van der Waals surface area contributed by atoms with Crippen LogP contribution < -0.4 is 11.1 Å². The van der Waals surface area contributed by atoms with Gasteiger partial charge in [0.25, 0.3) is 5.91 Å². The average Bonchev–Trinajstić information content (AvgIpc) is 3.09. The summed E-state index contributed by atoms with van der Waals surface area (Å²) in [5, 5.41) is 11.5. The van der Waals surface area contributed by atoms with Gasteiger partial charge in [-0.05, 0) is 60.7 Å². The van der Waals surface area contributed by atoms with Crippen LogP contribution in [-0.4, -0.2) is 56.5 Å². The van der Waals surface area contributed by atoms with Crippen LogP contribution in [0.15, 0.2) is 84.9 Å². The molecule has 0 unspecified atom stereocenters. The molecule has 4 N–H and O–H groups in total. The van der Waals surface area contributed by atoms with Crippen LogP contribution in [0.1, 0.15) is 56.8 Å². The van der Waals surface area contributed by atoms with E-state index < -0.39 is 29.2 Å². The first kappa shape index (κ1) is 38.3. The van der Waals surface area contributed by atoms with E-state index in [1.807, 2.05) is 6.92 Å². The van der Waals surface area contributed by atoms with E-state index in [0.29, 0.717) is 25.2 Å². The highest BCUT2D eigenvalue weighted by Gasteiger charge is 2.33. The Kier molecular flexibility index (Phi) is 13.1. The number of rotatable bonds is 5. The molecule has 1 amide bonds. The van der Waals surface area contributed by atoms with Gasteiger partial charge in [0.05, 0.1) is 54.2 Å². The van der Waals surface area contributed by atoms with Crippen LogP contribution in [0.4, 0.5) is 17.6 Å². The van der Waals surface area contributed by atoms with Crippen molar-refractivity contribution in [2.24, 2.45) is 16.6 Å². The standard InChI is InChI=1S/C20H17F2NO2.C15H8F2O2.C5H11NO/c1-20(12-25-13-20)11-23-19(24)16-9-8-15(18(22)10-16)7-6-14-4-2-3-5-17(14)21;16-13-4-2-1-3-10(13)5-6-11-7-8-12(15(18)19)9-14(11)17;1-5(2-6)3-7-4-5/h2-5,8-10H,11-13H2,1H3,(H,23,24);1-4,7-9H,(H,18,19);2-4,6H2,1H3. The van der Waals surface area contributed by atoms with E-state index in [2.05, 4.69) is 35.9 Å². The summed E-state index contributed by atoms with van der Waals surface area (Å²) in [5.41, 5.74) is 6.20. The molecule has 0 spiro atoms. The Labute approximate surface area is 293 Å². The fourth-order valence-electron chi connectivity index (χ4n) is 4.42. The second kappa shape index (κ2) is 17.5. The summed E-state index contributed by atoms with van der Waals surface area (Å²) < 4.78 is 64.6. The topological polar surface area (TPSA) is 111 Å². The number of benzene rings is 4. The molecule has 11 heteroatoms. The quantitative estimate of drug-likeness (QED) is 0.170. The number of amides is 1. The molecule has 6 rings (SSSR count). The van der Waals surface area contributed by atoms with E-state index in [0.717, 1.165) is 31.9 Å². The van der Waals surface area contributed by atoms with E-state index in [1.54, 1.807) is 18.2 Å². The summed E-state index contributed by atoms with van der Waals surface area (Å²) in [6.45, 7) is 8.29. The van der Waals surface area contributed by atoms with Crippen molar-refractivity contribution in [3.8, 4) is 23.7 Å². The third-order valence-electron chi connectivity index (χ3n) is 7.83. The maximum Gasteiger partial charge on any atom is 0.335 e. The Morgan fingerprint density at radius 1 is 0.667 bits per heavy atom. The number of carboxylic acid groups (broad SMARTS) is 1. The Hall–Kier alpha value is -5.46. The third kappa shape index (κ3) is 11.0. The second-order valence-corrected chi connectivity index (χ2v) is 12.6. The highest BCUT2D eigenvalue weighted by atomic mass is 19.1. The number of halogens is 4. The van der Waals surface area contributed by atoms with Crippen LogP contribution in [0.25, 0.3) is 0 Å². The Bertz CT molecular complexity index is 2000. The van der Waals surface area contributed by atoms with Crippen molar-refractivity contribution in [1.82, 2.24) is 5.32 Å². The van der Waals surface area contributed by atoms with Crippen molar-refractivity contribution in [3.63, 3.8) is 0 Å². The van der Waals surface area contributed by atoms with E-state index in [1.165, 1.54) is 54.6 Å². The minimum absolute atomic E-state index is 0.0215. The molecule has 2 heterocycles. The van der Waals surface area contributed by atoms with Crippen LogP contribution in [0.2, 0.25) is 0 Å². The molecular weight excluding hydrogens is 664 g/mol. The van der Waals surface area contributed by atoms with Crippen LogP contribution >= 0.6 is 0 Å². The predicted molar refractivity (Wildman–Crippen MR) is 184 cm³/mol. The molecule has 0 atom stereocenters. The Balaban J connectivity index is 0.000000197. The van der Waals surface area contributed by atoms with E-state index >= 15 is 0 Å². The van der Waals surface area contributed by atoms with Crippen molar-refractivity contribution >= 4 is 11.9 Å². The van der Waals surface area contributed by atoms with Crippen molar-refractivity contribution in [1.29, 1.82) is 0 Å². The first-order valence-electron chi connectivity index (χ1n) is 15.8. The van der Waals surface area contributed by atoms with Gasteiger partial charge in [0.2, 0.25) is 0 Å². The maximum atomic E-state index is 14.2. The third-order valence-corrected chi connectivity index (χ3v) is 7.83. The highest BCUT2D eigenvalue weighted by Crippen LogP contribution is 2.25. The molecule has 2 fully saturated rings. The lowest BCUT2D eigenvalue weighted by molar-refractivity contribution is -0.0978. The normalized spacial score (nSPS) is 14.5. The van der Waals surface area contributed by atoms with E-state index in [9.17, 15) is 27.2 Å². The summed E-state index contributed by atoms with van der Waals surface area (Å²) in [7, 11) is 0. The minimum atomic E-state index is -1.22. The number of aromatic carboxylic acids is 1. The summed E-state index contributed by atoms with van der Waals surface area (Å²) in [4.78, 5) is 22.8. The summed E-state index contributed by atoms with van der Waals surface area (Å²) in [6, 6.07) is 19.4. The van der Waals surface area contributed by atoms with Gasteiger partial charge in [0.15, 0.2) is 0 Å². The van der Waals surface area contributed by atoms with Gasteiger partial charge in [0.1, 0.15) is 23.3 Å². The van der Waals surface area contributed by atoms with Gasteiger partial charge in [-0.15, -0.1) is 0 Å². The number of carboxylic acids is 1. The molecule has 0 aromatic heterocycles. The van der Waals surface area contributed by atoms with Crippen LogP contribution in [0, 0.1) is 57.8 Å². The van der Waals surface area contributed by atoms with Crippen molar-refractivity contribution in [3.05, 3.63) is 142 Å². The number of hydrogen-bond donors (Lipinski definition) is 3. The van der Waals surface area contributed by atoms with Gasteiger partial charge in [-0.2, -0.15) is 0 Å². The molecule has 0 aliphatic carbocycles. The lowest BCUT2D eigenvalue weighted by Gasteiger charge is -2.38. The zero-order valence-corrected chi connectivity index (χ0v) is 28.0. The molecule has 0 bridgehead atoms. The van der Waals surface area contributed by atoms with Gasteiger partial charge < -0.3 is 25.6 Å². The summed E-state index contributed by atoms with van der Waals surface area (Å²) in [5.74, 6) is 6.31. The minimum Gasteiger partial charge on any atom is -0.478 e. The SMILES string of the molecule is CC1(CN)COC1.CC1(CNC(=O)c2ccc(C#Cc3ccccc3F)c(F)c2)COC1.O=C(O)c1ccc(C#Cc2ccccc2F)c(F)c1. The van der Waals surface area contributed by atoms with Crippen molar-refractivity contribution in [2.45, 2.75) is 13.8 Å². The number of hydrogen-bond acceptors (Lipinski definition) is 5. The molecule has 2 aliphatic heterocycles. The number of ether oxygens (including phenoxy) is 2. The van der Waals surface area contributed by atoms with Gasteiger partial charge in [-0.3, -0.25) is 4.79 Å². The second-order valence-electron chi connectivity index (χ2n) is 12.6. The average molecular weight is 701 g/mol. The number of carbonyl (C=O) groups excluding carboxylic acids is 1. The smallest absolute Gasteiger partial charge is 0.335 e. The largest absolute Gasteiger partial charge is 0.478 e. The van der Waals surface area contributed by atoms with Crippen LogP contribution in [0.3, 0.4) is 0 Å². The van der Waals surface area contributed by atoms with Crippen LogP contribution in [0.5, 0.6) is 0 Å². The van der Waals surface area contributed by atoms with Crippen molar-refractivity contribution < 1.29 is 41.7 Å². The van der Waals surface area contributed by atoms with Crippen LogP contribution in [-0.2, 0) is 9.47 Å². The number of nitrogens with two attached hydrogens (primary N) is 1. The molecule has 2 saturated heterocycles. The molecule has 264 valence electrons. The Morgan fingerprint density at radius 3 is 1.43 bits per heavy atom. The lowest BCUT2D eigenvalue weighted by atomic mass is 9.88. The van der Waals surface area contributed by atoms with Gasteiger partial charge in [-0.25, -0.2) is 22.4 Å². The monoisotopic (exact) mass is 700 g/mol. The molecule has 51 heavy (non-hydrogen) atoms. The van der Waals surface area contributed by atoms with Gasteiger partial charge in [-0.1, -0.05) is 61.8 Å². The van der Waals surface area contributed by atoms with Gasteiger partial charge in [0, 0.05) is 29.5 Å². The molecular formula is C40H36F4N2O5. The zero-order valence-electron chi connectivity index (χ0n) is 28.0.